The van der Waals surface area contributed by atoms with Gasteiger partial charge in [-0.1, -0.05) is 6.07 Å². The maximum Gasteiger partial charge on any atom is 0.119 e. The fourth-order valence-electron chi connectivity index (χ4n) is 2.00. The molecular formula is C14H17NO2. The predicted octanol–water partition coefficient (Wildman–Crippen LogP) is 2.42. The van der Waals surface area contributed by atoms with Crippen LogP contribution >= 0.6 is 0 Å². The largest absolute Gasteiger partial charge is 0.497 e. The minimum absolute atomic E-state index is 0.596. The second-order valence-electron chi connectivity index (χ2n) is 4.17. The molecule has 1 heterocycles. The Morgan fingerprint density at radius 1 is 1.29 bits per heavy atom. The fourth-order valence-corrected chi connectivity index (χ4v) is 2.00. The summed E-state index contributed by atoms with van der Waals surface area (Å²) in [6, 6.07) is 9.56. The number of aliphatic hydroxyl groups excluding tert-OH is 1. The number of aromatic nitrogens is 1. The Morgan fingerprint density at radius 3 is 2.59 bits per heavy atom. The molecule has 0 amide bonds. The number of nitrogens with zero attached hydrogens (tertiary/aromatic N) is 1. The van der Waals surface area contributed by atoms with Gasteiger partial charge in [-0.15, -0.1) is 0 Å². The maximum absolute atomic E-state index is 10.3. The number of aryl methyl sites for hydroxylation is 2. The second kappa shape index (κ2) is 4.63. The molecular weight excluding hydrogens is 214 g/mol. The highest BCUT2D eigenvalue weighted by Crippen LogP contribution is 2.27. The van der Waals surface area contributed by atoms with Crippen molar-refractivity contribution in [1.29, 1.82) is 0 Å². The summed E-state index contributed by atoms with van der Waals surface area (Å²) in [7, 11) is 3.57. The van der Waals surface area contributed by atoms with Crippen molar-refractivity contribution in [3.05, 3.63) is 53.3 Å². The Balaban J connectivity index is 2.38. The molecule has 0 radical (unpaired) electrons. The number of methoxy groups -OCH3 is 1. The number of benzene rings is 1. The van der Waals surface area contributed by atoms with Crippen LogP contribution in [0.1, 0.15) is 22.9 Å². The summed E-state index contributed by atoms with van der Waals surface area (Å²) < 4.78 is 7.08. The number of ether oxygens (including phenoxy) is 1. The molecule has 0 aliphatic rings. The number of hydrogen-bond donors (Lipinski definition) is 1. The van der Waals surface area contributed by atoms with Crippen LogP contribution < -0.4 is 4.74 Å². The van der Waals surface area contributed by atoms with E-state index < -0.39 is 6.10 Å². The van der Waals surface area contributed by atoms with Crippen LogP contribution in [0.15, 0.2) is 36.5 Å². The van der Waals surface area contributed by atoms with E-state index in [0.29, 0.717) is 0 Å². The lowest BCUT2D eigenvalue weighted by Crippen LogP contribution is -2.06. The Bertz CT molecular complexity index is 517. The molecule has 1 aromatic heterocycles. The summed E-state index contributed by atoms with van der Waals surface area (Å²) >= 11 is 0. The van der Waals surface area contributed by atoms with Gasteiger partial charge in [-0.05, 0) is 42.3 Å². The number of aliphatic hydroxyl groups is 1. The van der Waals surface area contributed by atoms with Crippen LogP contribution in [0.5, 0.6) is 5.75 Å². The molecule has 0 aliphatic heterocycles. The lowest BCUT2D eigenvalue weighted by molar-refractivity contribution is 0.210. The average Bonchev–Trinajstić information content (AvgIpc) is 2.74. The molecule has 17 heavy (non-hydrogen) atoms. The van der Waals surface area contributed by atoms with Gasteiger partial charge in [0.15, 0.2) is 0 Å². The maximum atomic E-state index is 10.3. The number of rotatable bonds is 3. The Labute approximate surface area is 101 Å². The van der Waals surface area contributed by atoms with Crippen LogP contribution in [0.25, 0.3) is 0 Å². The molecule has 3 heteroatoms. The van der Waals surface area contributed by atoms with E-state index in [1.165, 1.54) is 0 Å². The molecule has 0 spiro atoms. The molecule has 1 aromatic carbocycles. The van der Waals surface area contributed by atoms with E-state index >= 15 is 0 Å². The first-order valence-electron chi connectivity index (χ1n) is 5.57. The van der Waals surface area contributed by atoms with Gasteiger partial charge in [0, 0.05) is 13.2 Å². The van der Waals surface area contributed by atoms with E-state index in [1.807, 2.05) is 55.1 Å². The molecule has 0 fully saturated rings. The molecule has 0 aliphatic carbocycles. The third-order valence-electron chi connectivity index (χ3n) is 3.04. The van der Waals surface area contributed by atoms with Crippen molar-refractivity contribution in [2.24, 2.45) is 7.05 Å². The van der Waals surface area contributed by atoms with Crippen molar-refractivity contribution in [2.75, 3.05) is 7.11 Å². The van der Waals surface area contributed by atoms with Gasteiger partial charge in [0.05, 0.1) is 12.8 Å². The van der Waals surface area contributed by atoms with Crippen LogP contribution in [-0.4, -0.2) is 16.8 Å². The topological polar surface area (TPSA) is 34.4 Å². The van der Waals surface area contributed by atoms with Gasteiger partial charge < -0.3 is 14.4 Å². The minimum atomic E-state index is -0.596. The molecule has 0 bridgehead atoms. The van der Waals surface area contributed by atoms with Crippen LogP contribution in [0.3, 0.4) is 0 Å². The summed E-state index contributed by atoms with van der Waals surface area (Å²) in [5, 5.41) is 10.3. The quantitative estimate of drug-likeness (QED) is 0.880. The van der Waals surface area contributed by atoms with Gasteiger partial charge in [-0.3, -0.25) is 0 Å². The zero-order valence-corrected chi connectivity index (χ0v) is 10.3. The second-order valence-corrected chi connectivity index (χ2v) is 4.17. The highest BCUT2D eigenvalue weighted by Gasteiger charge is 2.15. The zero-order valence-electron chi connectivity index (χ0n) is 10.3. The SMILES string of the molecule is COc1ccc([C@@H](O)c2cccn2C)c(C)c1. The van der Waals surface area contributed by atoms with Gasteiger partial charge in [-0.2, -0.15) is 0 Å². The molecule has 3 nitrogen and oxygen atoms in total. The van der Waals surface area contributed by atoms with Crippen molar-refractivity contribution < 1.29 is 9.84 Å². The van der Waals surface area contributed by atoms with Crippen molar-refractivity contribution >= 4 is 0 Å². The Kier molecular flexibility index (Phi) is 3.20. The monoisotopic (exact) mass is 231 g/mol. The standard InChI is InChI=1S/C14H17NO2/c1-10-9-11(17-3)6-7-12(10)14(16)13-5-4-8-15(13)2/h4-9,14,16H,1-3H3/t14-/m1/s1. The minimum Gasteiger partial charge on any atom is -0.497 e. The molecule has 2 rings (SSSR count). The van der Waals surface area contributed by atoms with Gasteiger partial charge in [-0.25, -0.2) is 0 Å². The highest BCUT2D eigenvalue weighted by molar-refractivity contribution is 5.39. The number of hydrogen-bond acceptors (Lipinski definition) is 2. The molecule has 0 saturated heterocycles. The van der Waals surface area contributed by atoms with E-state index in [2.05, 4.69) is 0 Å². The third-order valence-corrected chi connectivity index (χ3v) is 3.04. The molecule has 2 aromatic rings. The Morgan fingerprint density at radius 2 is 2.06 bits per heavy atom. The average molecular weight is 231 g/mol. The summed E-state index contributed by atoms with van der Waals surface area (Å²) in [6.07, 6.45) is 1.33. The van der Waals surface area contributed by atoms with Gasteiger partial charge in [0.2, 0.25) is 0 Å². The normalized spacial score (nSPS) is 12.5. The molecule has 90 valence electrons. The first-order valence-corrected chi connectivity index (χ1v) is 5.57. The summed E-state index contributed by atoms with van der Waals surface area (Å²) in [5.41, 5.74) is 2.82. The summed E-state index contributed by atoms with van der Waals surface area (Å²) in [4.78, 5) is 0. The zero-order chi connectivity index (χ0) is 12.4. The van der Waals surface area contributed by atoms with E-state index in [4.69, 9.17) is 4.74 Å². The predicted molar refractivity (Wildman–Crippen MR) is 67.2 cm³/mol. The van der Waals surface area contributed by atoms with Gasteiger partial charge >= 0.3 is 0 Å². The van der Waals surface area contributed by atoms with Crippen LogP contribution in [0.4, 0.5) is 0 Å². The van der Waals surface area contributed by atoms with E-state index in [0.717, 1.165) is 22.6 Å². The van der Waals surface area contributed by atoms with E-state index in [9.17, 15) is 5.11 Å². The van der Waals surface area contributed by atoms with E-state index in [1.54, 1.807) is 7.11 Å². The van der Waals surface area contributed by atoms with Crippen LogP contribution in [-0.2, 0) is 7.05 Å². The highest BCUT2D eigenvalue weighted by atomic mass is 16.5. The van der Waals surface area contributed by atoms with Crippen molar-refractivity contribution in [1.82, 2.24) is 4.57 Å². The first kappa shape index (κ1) is 11.7. The van der Waals surface area contributed by atoms with Crippen LogP contribution in [0, 0.1) is 6.92 Å². The lowest BCUT2D eigenvalue weighted by atomic mass is 10.0. The first-order chi connectivity index (χ1) is 8.13. The Hall–Kier alpha value is -1.74. The van der Waals surface area contributed by atoms with Crippen molar-refractivity contribution in [2.45, 2.75) is 13.0 Å². The third kappa shape index (κ3) is 2.19. The van der Waals surface area contributed by atoms with Gasteiger partial charge in [0.25, 0.3) is 0 Å². The van der Waals surface area contributed by atoms with Gasteiger partial charge in [0.1, 0.15) is 11.9 Å². The van der Waals surface area contributed by atoms with E-state index in [-0.39, 0.29) is 0 Å². The van der Waals surface area contributed by atoms with Crippen molar-refractivity contribution in [3.8, 4) is 5.75 Å². The molecule has 1 N–H and O–H groups in total. The lowest BCUT2D eigenvalue weighted by Gasteiger charge is -2.15. The molecule has 0 saturated carbocycles. The summed E-state index contributed by atoms with van der Waals surface area (Å²) in [5.74, 6) is 0.810. The molecule has 1 atom stereocenters. The van der Waals surface area contributed by atoms with Crippen LogP contribution in [0.2, 0.25) is 0 Å². The fraction of sp³-hybridized carbons (Fsp3) is 0.286. The smallest absolute Gasteiger partial charge is 0.119 e. The molecule has 0 unspecified atom stereocenters. The van der Waals surface area contributed by atoms with Crippen molar-refractivity contribution in [3.63, 3.8) is 0 Å². The summed E-state index contributed by atoms with van der Waals surface area (Å²) in [6.45, 7) is 1.98.